The van der Waals surface area contributed by atoms with Gasteiger partial charge in [-0.15, -0.1) is 0 Å². The van der Waals surface area contributed by atoms with Crippen LogP contribution >= 0.6 is 0 Å². The van der Waals surface area contributed by atoms with Crippen LogP contribution in [0.4, 0.5) is 0 Å². The molecule has 510 valence electrons. The molecule has 0 bridgehead atoms. The lowest BCUT2D eigenvalue weighted by atomic mass is 10.0. The largest absolute Gasteiger partial charge is 0.545 e. The van der Waals surface area contributed by atoms with Gasteiger partial charge in [-0.25, -0.2) is 0 Å². The number of carboxylic acids is 1. The third kappa shape index (κ3) is 71.0. The third-order valence-electron chi connectivity index (χ3n) is 15.7. The Morgan fingerprint density at radius 2 is 0.607 bits per heavy atom. The molecule has 0 heterocycles. The first-order valence-electron chi connectivity index (χ1n) is 36.7. The summed E-state index contributed by atoms with van der Waals surface area (Å²) in [7, 11) is 5.93. The highest BCUT2D eigenvalue weighted by molar-refractivity contribution is 5.70. The number of carbonyl (C=O) groups excluding carboxylic acids is 3. The number of aliphatic carboxylic acids is 1. The van der Waals surface area contributed by atoms with Crippen molar-refractivity contribution in [1.29, 1.82) is 0 Å². The third-order valence-corrected chi connectivity index (χ3v) is 15.7. The summed E-state index contributed by atoms with van der Waals surface area (Å²) in [6, 6.07) is 0. The lowest BCUT2D eigenvalue weighted by Crippen LogP contribution is -2.44. The van der Waals surface area contributed by atoms with Crippen molar-refractivity contribution in [2.45, 2.75) is 322 Å². The molecule has 0 fully saturated rings. The Morgan fingerprint density at radius 1 is 0.337 bits per heavy atom. The van der Waals surface area contributed by atoms with Crippen LogP contribution in [0.1, 0.15) is 309 Å². The zero-order chi connectivity index (χ0) is 64.7. The van der Waals surface area contributed by atoms with E-state index in [4.69, 9.17) is 18.9 Å². The Labute approximate surface area is 548 Å². The van der Waals surface area contributed by atoms with Gasteiger partial charge >= 0.3 is 11.9 Å². The minimum atomic E-state index is -1.63. The van der Waals surface area contributed by atoms with Crippen LogP contribution in [-0.2, 0) is 33.3 Å². The number of hydrogen-bond acceptors (Lipinski definition) is 8. The molecular weight excluding hydrogens is 1100 g/mol. The topological polar surface area (TPSA) is 111 Å². The molecular formula is C80H137NO8. The van der Waals surface area contributed by atoms with E-state index in [0.29, 0.717) is 17.4 Å². The van der Waals surface area contributed by atoms with Gasteiger partial charge in [-0.1, -0.05) is 315 Å². The maximum atomic E-state index is 13.0. The number of unbranched alkanes of at least 4 members (excludes halogenated alkanes) is 32. The summed E-state index contributed by atoms with van der Waals surface area (Å²) in [5, 5.41) is 11.8. The molecule has 0 rings (SSSR count). The number of quaternary nitrogens is 1. The van der Waals surface area contributed by atoms with Crippen LogP contribution < -0.4 is 5.11 Å². The Balaban J connectivity index is 4.04. The Morgan fingerprint density at radius 3 is 0.899 bits per heavy atom. The number of ether oxygens (including phenoxy) is 4. The van der Waals surface area contributed by atoms with Crippen LogP contribution in [0.25, 0.3) is 0 Å². The van der Waals surface area contributed by atoms with E-state index in [-0.39, 0.29) is 38.6 Å². The summed E-state index contributed by atoms with van der Waals surface area (Å²) in [6.07, 6.45) is 95.8. The second-order valence-corrected chi connectivity index (χ2v) is 25.5. The first-order valence-corrected chi connectivity index (χ1v) is 36.7. The van der Waals surface area contributed by atoms with E-state index in [2.05, 4.69) is 135 Å². The van der Waals surface area contributed by atoms with Crippen molar-refractivity contribution >= 4 is 17.9 Å². The lowest BCUT2D eigenvalue weighted by molar-refractivity contribution is -0.870. The minimum Gasteiger partial charge on any atom is -0.545 e. The van der Waals surface area contributed by atoms with Crippen LogP contribution in [-0.4, -0.2) is 82.3 Å². The molecule has 0 aromatic carbocycles. The average Bonchev–Trinajstić information content (AvgIpc) is 3.64. The smallest absolute Gasteiger partial charge is 0.306 e. The maximum Gasteiger partial charge on any atom is 0.306 e. The molecule has 0 radical (unpaired) electrons. The minimum absolute atomic E-state index is 0.143. The Hall–Kier alpha value is -4.31. The van der Waals surface area contributed by atoms with Gasteiger partial charge < -0.3 is 33.3 Å². The molecule has 0 aliphatic rings. The van der Waals surface area contributed by atoms with Gasteiger partial charge in [0, 0.05) is 12.8 Å². The number of nitrogens with zero attached hydrogens (tertiary/aromatic N) is 1. The highest BCUT2D eigenvalue weighted by Crippen LogP contribution is 2.18. The van der Waals surface area contributed by atoms with Crippen molar-refractivity contribution in [2.24, 2.45) is 0 Å². The molecule has 89 heavy (non-hydrogen) atoms. The zero-order valence-electron chi connectivity index (χ0n) is 58.3. The predicted octanol–water partition coefficient (Wildman–Crippen LogP) is 21.8. The highest BCUT2D eigenvalue weighted by atomic mass is 16.7. The monoisotopic (exact) mass is 1240 g/mol. The van der Waals surface area contributed by atoms with Crippen LogP contribution in [0.2, 0.25) is 0 Å². The quantitative estimate of drug-likeness (QED) is 0.0195. The molecule has 0 aliphatic carbocycles. The van der Waals surface area contributed by atoms with Gasteiger partial charge in [0.15, 0.2) is 12.4 Å². The number of carboxylic acid groups (broad SMARTS) is 1. The first kappa shape index (κ1) is 84.7. The van der Waals surface area contributed by atoms with E-state index in [9.17, 15) is 19.5 Å². The van der Waals surface area contributed by atoms with Crippen molar-refractivity contribution in [3.8, 4) is 0 Å². The summed E-state index contributed by atoms with van der Waals surface area (Å²) < 4.78 is 22.8. The normalized spacial score (nSPS) is 13.4. The Bertz CT molecular complexity index is 1880. The standard InChI is InChI=1S/C80H137NO8/c1-6-8-10-12-14-16-18-20-22-24-26-28-30-32-33-34-35-36-37-38-39-40-41-42-43-44-45-47-49-51-53-55-57-59-61-63-65-67-69-71-78(83)89-76(75-88-80(79(84)85)86-73-72-81(3,4)5)74-87-77(82)70-68-66-64-62-60-58-56-54-52-50-48-46-31-29-27-25-23-21-19-17-15-13-11-9-7-2/h8-11,14-17,20-23,26-29,32-33,46,48,76,80H,6-7,12-13,18-19,24-25,30-31,34-45,47,49-75H2,1-5H3/b10-8-,11-9-,16-14-,17-15-,22-20-,23-21-,28-26-,29-27-,33-32-,48-46-. The van der Waals surface area contributed by atoms with Gasteiger partial charge in [-0.05, 0) is 103 Å². The molecule has 0 aromatic heterocycles. The van der Waals surface area contributed by atoms with Crippen molar-refractivity contribution in [3.63, 3.8) is 0 Å². The first-order chi connectivity index (χ1) is 43.6. The predicted molar refractivity (Wildman–Crippen MR) is 380 cm³/mol. The number of esters is 2. The maximum absolute atomic E-state index is 13.0. The summed E-state index contributed by atoms with van der Waals surface area (Å²) in [5.74, 6) is -2.28. The van der Waals surface area contributed by atoms with Crippen molar-refractivity contribution in [1.82, 2.24) is 0 Å². The number of allylic oxidation sites excluding steroid dienone is 20. The number of hydrogen-bond donors (Lipinski definition) is 0. The van der Waals surface area contributed by atoms with E-state index in [1.54, 1.807) is 0 Å². The summed E-state index contributed by atoms with van der Waals surface area (Å²) >= 11 is 0. The molecule has 0 amide bonds. The molecule has 0 saturated heterocycles. The summed E-state index contributed by atoms with van der Waals surface area (Å²) in [5.41, 5.74) is 0. The fraction of sp³-hybridized carbons (Fsp3) is 0.713. The van der Waals surface area contributed by atoms with E-state index in [1.165, 1.54) is 167 Å². The second kappa shape index (κ2) is 69.6. The second-order valence-electron chi connectivity index (χ2n) is 25.5. The van der Waals surface area contributed by atoms with Crippen molar-refractivity contribution in [3.05, 3.63) is 122 Å². The summed E-state index contributed by atoms with van der Waals surface area (Å²) in [6.45, 7) is 4.54. The Kier molecular flexibility index (Phi) is 66.2. The lowest BCUT2D eigenvalue weighted by Gasteiger charge is -2.26. The van der Waals surface area contributed by atoms with Gasteiger partial charge in [-0.2, -0.15) is 0 Å². The van der Waals surface area contributed by atoms with Gasteiger partial charge in [0.2, 0.25) is 0 Å². The molecule has 0 N–H and O–H groups in total. The average molecular weight is 1240 g/mol. The van der Waals surface area contributed by atoms with Crippen molar-refractivity contribution in [2.75, 3.05) is 47.5 Å². The number of carbonyl (C=O) groups is 3. The SMILES string of the molecule is CC/C=C\C/C=C\C/C=C\C/C=C\C/C=C\CCCCCCCCCCCCCCCCCCCCCCCCCC(=O)OC(COC(=O)CCCCCCCCCCC/C=C\C/C=C\C/C=C\C/C=C\C/C=C\CC)COC(OCC[N+](C)(C)C)C(=O)[O-]. The number of rotatable bonds is 67. The molecule has 0 spiro atoms. The van der Waals surface area contributed by atoms with Crippen molar-refractivity contribution < 1.29 is 42.9 Å². The van der Waals surface area contributed by atoms with Gasteiger partial charge in [0.1, 0.15) is 13.2 Å². The van der Waals surface area contributed by atoms with E-state index in [0.717, 1.165) is 109 Å². The van der Waals surface area contributed by atoms with Crippen LogP contribution in [0, 0.1) is 0 Å². The van der Waals surface area contributed by atoms with Gasteiger partial charge in [-0.3, -0.25) is 9.59 Å². The molecule has 0 saturated carbocycles. The van der Waals surface area contributed by atoms with Gasteiger partial charge in [0.25, 0.3) is 0 Å². The summed E-state index contributed by atoms with van der Waals surface area (Å²) in [4.78, 5) is 37.5. The van der Waals surface area contributed by atoms with Crippen LogP contribution in [0.15, 0.2) is 122 Å². The molecule has 0 aliphatic heterocycles. The molecule has 2 unspecified atom stereocenters. The molecule has 0 aromatic rings. The molecule has 9 heteroatoms. The fourth-order valence-electron chi connectivity index (χ4n) is 10.2. The van der Waals surface area contributed by atoms with E-state index >= 15 is 0 Å². The van der Waals surface area contributed by atoms with Crippen LogP contribution in [0.5, 0.6) is 0 Å². The fourth-order valence-corrected chi connectivity index (χ4v) is 10.2. The molecule has 2 atom stereocenters. The van der Waals surface area contributed by atoms with E-state index in [1.807, 2.05) is 21.1 Å². The zero-order valence-corrected chi connectivity index (χ0v) is 58.3. The molecule has 9 nitrogen and oxygen atoms in total. The van der Waals surface area contributed by atoms with E-state index < -0.39 is 24.3 Å². The highest BCUT2D eigenvalue weighted by Gasteiger charge is 2.22. The number of likely N-dealkylation sites (N-methyl/N-ethyl adjacent to an activating group) is 1. The van der Waals surface area contributed by atoms with Crippen LogP contribution in [0.3, 0.4) is 0 Å². The van der Waals surface area contributed by atoms with Gasteiger partial charge in [0.05, 0.1) is 40.3 Å².